The third-order valence-electron chi connectivity index (χ3n) is 2.64. The number of methoxy groups -OCH3 is 1. The summed E-state index contributed by atoms with van der Waals surface area (Å²) in [6.07, 6.45) is 0. The lowest BCUT2D eigenvalue weighted by Crippen LogP contribution is -2.32. The number of nitrogens with zero attached hydrogens (tertiary/aromatic N) is 2. The maximum absolute atomic E-state index is 13.7. The number of aliphatic carboxylic acids is 1. The summed E-state index contributed by atoms with van der Waals surface area (Å²) in [5.74, 6) is -1.83. The first kappa shape index (κ1) is 19.2. The molecule has 0 aliphatic heterocycles. The van der Waals surface area contributed by atoms with Crippen molar-refractivity contribution in [3.8, 4) is 0 Å². The van der Waals surface area contributed by atoms with Crippen LogP contribution in [0, 0.1) is 15.9 Å². The molecule has 0 unspecified atom stereocenters. The Bertz CT molecular complexity index is 501. The summed E-state index contributed by atoms with van der Waals surface area (Å²) in [7, 11) is 1.45. The summed E-state index contributed by atoms with van der Waals surface area (Å²) in [4.78, 5) is 22.3. The lowest BCUT2D eigenvalue weighted by molar-refractivity contribution is -0.386. The molecule has 0 aliphatic carbocycles. The topological polar surface area (TPSA) is 92.9 Å². The van der Waals surface area contributed by atoms with Crippen molar-refractivity contribution in [2.24, 2.45) is 0 Å². The minimum absolute atomic E-state index is 0. The van der Waals surface area contributed by atoms with E-state index in [0.29, 0.717) is 0 Å². The third kappa shape index (κ3) is 6.03. The molecule has 118 valence electrons. The first-order chi connectivity index (χ1) is 9.45. The Hall–Kier alpha value is -1.77. The number of ether oxygens (including phenoxy) is 1. The molecule has 0 saturated carbocycles. The predicted molar refractivity (Wildman–Crippen MR) is 75.1 cm³/mol. The van der Waals surface area contributed by atoms with Gasteiger partial charge >= 0.3 is 5.97 Å². The van der Waals surface area contributed by atoms with Crippen molar-refractivity contribution in [1.29, 1.82) is 0 Å². The molecule has 1 aromatic carbocycles. The van der Waals surface area contributed by atoms with Gasteiger partial charge in [-0.15, -0.1) is 12.4 Å². The van der Waals surface area contributed by atoms with E-state index in [2.05, 4.69) is 0 Å². The molecule has 21 heavy (non-hydrogen) atoms. The average molecular weight is 323 g/mol. The van der Waals surface area contributed by atoms with Gasteiger partial charge in [-0.05, 0) is 6.07 Å². The van der Waals surface area contributed by atoms with Gasteiger partial charge in [-0.25, -0.2) is 4.39 Å². The Balaban J connectivity index is 0.00000400. The molecule has 0 saturated heterocycles. The number of benzene rings is 1. The van der Waals surface area contributed by atoms with Crippen LogP contribution in [0.15, 0.2) is 18.2 Å². The van der Waals surface area contributed by atoms with E-state index in [1.54, 1.807) is 0 Å². The van der Waals surface area contributed by atoms with E-state index < -0.39 is 16.7 Å². The molecule has 1 aromatic rings. The van der Waals surface area contributed by atoms with Gasteiger partial charge in [0, 0.05) is 26.3 Å². The number of halogens is 2. The molecule has 7 nitrogen and oxygen atoms in total. The molecule has 0 bridgehead atoms. The Morgan fingerprint density at radius 2 is 2.19 bits per heavy atom. The van der Waals surface area contributed by atoms with Crippen LogP contribution in [0.2, 0.25) is 0 Å². The summed E-state index contributed by atoms with van der Waals surface area (Å²) >= 11 is 0. The van der Waals surface area contributed by atoms with Crippen LogP contribution in [0.1, 0.15) is 5.56 Å². The van der Waals surface area contributed by atoms with Crippen LogP contribution in [-0.2, 0) is 16.1 Å². The molecular weight excluding hydrogens is 307 g/mol. The highest BCUT2D eigenvalue weighted by Gasteiger charge is 2.21. The van der Waals surface area contributed by atoms with Crippen molar-refractivity contribution < 1.29 is 24.0 Å². The van der Waals surface area contributed by atoms with Crippen LogP contribution < -0.4 is 0 Å². The fourth-order valence-electron chi connectivity index (χ4n) is 1.72. The maximum atomic E-state index is 13.7. The normalized spacial score (nSPS) is 10.2. The van der Waals surface area contributed by atoms with Gasteiger partial charge < -0.3 is 9.84 Å². The summed E-state index contributed by atoms with van der Waals surface area (Å²) in [6, 6.07) is 3.54. The second-order valence-corrected chi connectivity index (χ2v) is 4.09. The van der Waals surface area contributed by atoms with E-state index in [-0.39, 0.29) is 49.9 Å². The molecule has 0 amide bonds. The lowest BCUT2D eigenvalue weighted by Gasteiger charge is -2.19. The Labute approximate surface area is 126 Å². The zero-order chi connectivity index (χ0) is 15.1. The first-order valence-corrected chi connectivity index (χ1v) is 5.80. The molecular formula is C12H16ClFN2O5. The van der Waals surface area contributed by atoms with E-state index in [9.17, 15) is 19.3 Å². The van der Waals surface area contributed by atoms with Gasteiger partial charge in [0.15, 0.2) is 0 Å². The van der Waals surface area contributed by atoms with E-state index in [0.717, 1.165) is 6.07 Å². The monoisotopic (exact) mass is 322 g/mol. The van der Waals surface area contributed by atoms with Gasteiger partial charge in [-0.3, -0.25) is 19.8 Å². The molecule has 0 fully saturated rings. The average Bonchev–Trinajstić information content (AvgIpc) is 2.37. The van der Waals surface area contributed by atoms with Gasteiger partial charge in [0.2, 0.25) is 0 Å². The Morgan fingerprint density at radius 3 is 2.71 bits per heavy atom. The highest BCUT2D eigenvalue weighted by atomic mass is 35.5. The van der Waals surface area contributed by atoms with Crippen molar-refractivity contribution in [3.05, 3.63) is 39.7 Å². The van der Waals surface area contributed by atoms with E-state index >= 15 is 0 Å². The number of hydrogen-bond donors (Lipinski definition) is 1. The molecule has 0 spiro atoms. The van der Waals surface area contributed by atoms with Crippen LogP contribution in [0.3, 0.4) is 0 Å². The predicted octanol–water partition coefficient (Wildman–Crippen LogP) is 1.69. The molecule has 9 heteroatoms. The summed E-state index contributed by atoms with van der Waals surface area (Å²) < 4.78 is 18.6. The minimum Gasteiger partial charge on any atom is -0.480 e. The minimum atomic E-state index is -1.10. The van der Waals surface area contributed by atoms with Crippen LogP contribution in [0.4, 0.5) is 10.1 Å². The second-order valence-electron chi connectivity index (χ2n) is 4.09. The fourth-order valence-corrected chi connectivity index (χ4v) is 1.72. The summed E-state index contributed by atoms with van der Waals surface area (Å²) in [5, 5.41) is 19.7. The maximum Gasteiger partial charge on any atom is 0.317 e. The van der Waals surface area contributed by atoms with Crippen molar-refractivity contribution in [2.75, 3.05) is 26.8 Å². The number of carboxylic acids is 1. The Morgan fingerprint density at radius 1 is 1.52 bits per heavy atom. The van der Waals surface area contributed by atoms with Crippen molar-refractivity contribution in [2.45, 2.75) is 6.54 Å². The highest BCUT2D eigenvalue weighted by Crippen LogP contribution is 2.22. The second kappa shape index (κ2) is 9.22. The van der Waals surface area contributed by atoms with Gasteiger partial charge in [0.1, 0.15) is 5.82 Å². The highest BCUT2D eigenvalue weighted by molar-refractivity contribution is 5.85. The number of hydrogen-bond acceptors (Lipinski definition) is 5. The number of nitro groups is 1. The molecule has 0 atom stereocenters. The smallest absolute Gasteiger partial charge is 0.317 e. The van der Waals surface area contributed by atoms with Crippen LogP contribution >= 0.6 is 12.4 Å². The standard InChI is InChI=1S/C12H15FN2O5.ClH/c1-20-6-5-14(8-12(16)17)7-9-10(13)3-2-4-11(9)15(18)19;/h2-4H,5-8H2,1H3,(H,16,17);1H. The lowest BCUT2D eigenvalue weighted by atomic mass is 10.1. The van der Waals surface area contributed by atoms with Gasteiger partial charge in [-0.1, -0.05) is 6.07 Å². The van der Waals surface area contributed by atoms with E-state index in [1.807, 2.05) is 0 Å². The molecule has 0 radical (unpaired) electrons. The zero-order valence-electron chi connectivity index (χ0n) is 11.3. The zero-order valence-corrected chi connectivity index (χ0v) is 12.1. The van der Waals surface area contributed by atoms with Gasteiger partial charge in [0.05, 0.1) is 23.6 Å². The largest absolute Gasteiger partial charge is 0.480 e. The number of nitro benzene ring substituents is 1. The number of carboxylic acid groups (broad SMARTS) is 1. The SMILES string of the molecule is COCCN(CC(=O)O)Cc1c(F)cccc1[N+](=O)[O-].Cl. The van der Waals surface area contributed by atoms with E-state index in [1.165, 1.54) is 24.1 Å². The summed E-state index contributed by atoms with van der Waals surface area (Å²) in [5.41, 5.74) is -0.493. The van der Waals surface area contributed by atoms with Crippen molar-refractivity contribution in [1.82, 2.24) is 4.90 Å². The first-order valence-electron chi connectivity index (χ1n) is 5.80. The third-order valence-corrected chi connectivity index (χ3v) is 2.64. The fraction of sp³-hybridized carbons (Fsp3) is 0.417. The van der Waals surface area contributed by atoms with Gasteiger partial charge in [0.25, 0.3) is 5.69 Å². The van der Waals surface area contributed by atoms with Crippen molar-refractivity contribution >= 4 is 24.1 Å². The molecule has 0 aromatic heterocycles. The molecule has 1 N–H and O–H groups in total. The molecule has 0 aliphatic rings. The quantitative estimate of drug-likeness (QED) is 0.578. The van der Waals surface area contributed by atoms with Crippen LogP contribution in [-0.4, -0.2) is 47.7 Å². The van der Waals surface area contributed by atoms with Crippen LogP contribution in [0.25, 0.3) is 0 Å². The number of carbonyl (C=O) groups is 1. The van der Waals surface area contributed by atoms with Crippen molar-refractivity contribution in [3.63, 3.8) is 0 Å². The summed E-state index contributed by atoms with van der Waals surface area (Å²) in [6.45, 7) is -0.0443. The number of rotatable bonds is 8. The Kier molecular flexibility index (Phi) is 8.44. The molecule has 0 heterocycles. The van der Waals surface area contributed by atoms with Crippen LogP contribution in [0.5, 0.6) is 0 Å². The van der Waals surface area contributed by atoms with E-state index in [4.69, 9.17) is 9.84 Å². The molecule has 1 rings (SSSR count). The van der Waals surface area contributed by atoms with Gasteiger partial charge in [-0.2, -0.15) is 0 Å².